The van der Waals surface area contributed by atoms with E-state index in [1.54, 1.807) is 6.20 Å². The van der Waals surface area contributed by atoms with Gasteiger partial charge in [-0.05, 0) is 30.7 Å². The van der Waals surface area contributed by atoms with E-state index < -0.39 is 0 Å². The number of benzene rings is 1. The van der Waals surface area contributed by atoms with Crippen LogP contribution in [-0.4, -0.2) is 16.6 Å². The molecule has 0 saturated carbocycles. The maximum absolute atomic E-state index is 5.62. The second-order valence-corrected chi connectivity index (χ2v) is 4.30. The molecule has 0 saturated heterocycles. The summed E-state index contributed by atoms with van der Waals surface area (Å²) in [5.74, 6) is 1.51. The van der Waals surface area contributed by atoms with Gasteiger partial charge in [0, 0.05) is 6.20 Å². The van der Waals surface area contributed by atoms with Gasteiger partial charge in [-0.15, -0.1) is 0 Å². The number of rotatable bonds is 4. The average molecular weight is 254 g/mol. The number of aromatic nitrogens is 2. The molecule has 96 valence electrons. The van der Waals surface area contributed by atoms with E-state index in [1.807, 2.05) is 43.3 Å². The Kier molecular flexibility index (Phi) is 3.14. The van der Waals surface area contributed by atoms with E-state index in [-0.39, 0.29) is 0 Å². The quantitative estimate of drug-likeness (QED) is 0.717. The molecule has 1 aromatic carbocycles. The monoisotopic (exact) mass is 254 g/mol. The standard InChI is InChI=1S/C15H14N2O2/c1-11-7-9-16-15-14(11)17-13(19-15)8-10-18-12-5-3-2-4-6-12/h2-7,9H,8,10H2,1H3. The zero-order valence-electron chi connectivity index (χ0n) is 10.7. The van der Waals surface area contributed by atoms with Crippen LogP contribution in [0.5, 0.6) is 5.75 Å². The van der Waals surface area contributed by atoms with E-state index in [2.05, 4.69) is 9.97 Å². The molecule has 0 aliphatic rings. The molecule has 0 fully saturated rings. The van der Waals surface area contributed by atoms with Crippen LogP contribution in [-0.2, 0) is 6.42 Å². The minimum atomic E-state index is 0.538. The highest BCUT2D eigenvalue weighted by Crippen LogP contribution is 2.17. The third-order valence-electron chi connectivity index (χ3n) is 2.87. The summed E-state index contributed by atoms with van der Waals surface area (Å²) in [7, 11) is 0. The second-order valence-electron chi connectivity index (χ2n) is 4.30. The van der Waals surface area contributed by atoms with E-state index in [0.717, 1.165) is 16.8 Å². The molecule has 0 aliphatic carbocycles. The molecule has 3 aromatic rings. The maximum Gasteiger partial charge on any atom is 0.247 e. The number of para-hydroxylation sites is 1. The fraction of sp³-hybridized carbons (Fsp3) is 0.200. The molecule has 0 N–H and O–H groups in total. The fourth-order valence-electron chi connectivity index (χ4n) is 1.88. The van der Waals surface area contributed by atoms with Crippen molar-refractivity contribution in [3.63, 3.8) is 0 Å². The van der Waals surface area contributed by atoms with Crippen LogP contribution in [0, 0.1) is 6.92 Å². The molecule has 4 nitrogen and oxygen atoms in total. The van der Waals surface area contributed by atoms with Crippen molar-refractivity contribution in [3.05, 3.63) is 54.0 Å². The molecule has 3 rings (SSSR count). The summed E-state index contributed by atoms with van der Waals surface area (Å²) in [6, 6.07) is 11.6. The molecule has 2 aromatic heterocycles. The van der Waals surface area contributed by atoms with Crippen LogP contribution in [0.25, 0.3) is 11.2 Å². The zero-order valence-corrected chi connectivity index (χ0v) is 10.7. The highest BCUT2D eigenvalue weighted by atomic mass is 16.5. The Balaban J connectivity index is 1.67. The summed E-state index contributed by atoms with van der Waals surface area (Å²) in [5, 5.41) is 0. The van der Waals surface area contributed by atoms with Gasteiger partial charge in [0.2, 0.25) is 11.6 Å². The number of oxazole rings is 1. The van der Waals surface area contributed by atoms with Crippen molar-refractivity contribution in [2.24, 2.45) is 0 Å². The maximum atomic E-state index is 5.62. The smallest absolute Gasteiger partial charge is 0.247 e. The Labute approximate surface area is 111 Å². The summed E-state index contributed by atoms with van der Waals surface area (Å²) >= 11 is 0. The van der Waals surface area contributed by atoms with Gasteiger partial charge in [-0.2, -0.15) is 0 Å². The molecular weight excluding hydrogens is 240 g/mol. The van der Waals surface area contributed by atoms with Gasteiger partial charge in [-0.3, -0.25) is 0 Å². The van der Waals surface area contributed by atoms with Crippen molar-refractivity contribution in [2.45, 2.75) is 13.3 Å². The second kappa shape index (κ2) is 5.10. The van der Waals surface area contributed by atoms with Crippen molar-refractivity contribution < 1.29 is 9.15 Å². The number of nitrogens with zero attached hydrogens (tertiary/aromatic N) is 2. The molecule has 0 amide bonds. The van der Waals surface area contributed by atoms with Crippen LogP contribution < -0.4 is 4.74 Å². The van der Waals surface area contributed by atoms with Gasteiger partial charge in [0.05, 0.1) is 13.0 Å². The SMILES string of the molecule is Cc1ccnc2oc(CCOc3ccccc3)nc12. The Morgan fingerprint density at radius 3 is 2.79 bits per heavy atom. The number of aryl methyl sites for hydroxylation is 1. The first-order chi connectivity index (χ1) is 9.33. The zero-order chi connectivity index (χ0) is 13.1. The normalized spacial score (nSPS) is 10.8. The molecule has 0 atom stereocenters. The van der Waals surface area contributed by atoms with E-state index in [9.17, 15) is 0 Å². The topological polar surface area (TPSA) is 48.2 Å². The van der Waals surface area contributed by atoms with Crippen molar-refractivity contribution in [3.8, 4) is 5.75 Å². The number of fused-ring (bicyclic) bond motifs is 1. The van der Waals surface area contributed by atoms with Gasteiger partial charge >= 0.3 is 0 Å². The Morgan fingerprint density at radius 2 is 2.00 bits per heavy atom. The lowest BCUT2D eigenvalue weighted by Crippen LogP contribution is -2.01. The predicted molar refractivity (Wildman–Crippen MR) is 72.2 cm³/mol. The number of hydrogen-bond acceptors (Lipinski definition) is 4. The highest BCUT2D eigenvalue weighted by Gasteiger charge is 2.08. The fourth-order valence-corrected chi connectivity index (χ4v) is 1.88. The molecule has 19 heavy (non-hydrogen) atoms. The van der Waals surface area contributed by atoms with Crippen LogP contribution in [0.3, 0.4) is 0 Å². The number of hydrogen-bond donors (Lipinski definition) is 0. The first-order valence-corrected chi connectivity index (χ1v) is 6.22. The van der Waals surface area contributed by atoms with Crippen molar-refractivity contribution in [1.29, 1.82) is 0 Å². The Hall–Kier alpha value is -2.36. The van der Waals surface area contributed by atoms with Crippen LogP contribution >= 0.6 is 0 Å². The number of ether oxygens (including phenoxy) is 1. The molecule has 4 heteroatoms. The van der Waals surface area contributed by atoms with E-state index >= 15 is 0 Å². The van der Waals surface area contributed by atoms with E-state index in [1.165, 1.54) is 0 Å². The highest BCUT2D eigenvalue weighted by molar-refractivity contribution is 5.71. The van der Waals surface area contributed by atoms with Crippen molar-refractivity contribution in [2.75, 3.05) is 6.61 Å². The lowest BCUT2D eigenvalue weighted by molar-refractivity contribution is 0.308. The average Bonchev–Trinajstić information content (AvgIpc) is 2.84. The van der Waals surface area contributed by atoms with Crippen LogP contribution in [0.15, 0.2) is 47.0 Å². The van der Waals surface area contributed by atoms with Gasteiger partial charge in [0.1, 0.15) is 11.3 Å². The van der Waals surface area contributed by atoms with Gasteiger partial charge in [-0.25, -0.2) is 9.97 Å². The molecule has 0 unspecified atom stereocenters. The van der Waals surface area contributed by atoms with Gasteiger partial charge < -0.3 is 9.15 Å². The largest absolute Gasteiger partial charge is 0.493 e. The van der Waals surface area contributed by atoms with E-state index in [0.29, 0.717) is 24.6 Å². The molecule has 2 heterocycles. The molecule has 0 radical (unpaired) electrons. The molecule has 0 spiro atoms. The summed E-state index contributed by atoms with van der Waals surface area (Å²) in [6.45, 7) is 2.53. The lowest BCUT2D eigenvalue weighted by Gasteiger charge is -2.03. The minimum Gasteiger partial charge on any atom is -0.493 e. The first-order valence-electron chi connectivity index (χ1n) is 6.22. The summed E-state index contributed by atoms with van der Waals surface area (Å²) in [6.07, 6.45) is 2.36. The summed E-state index contributed by atoms with van der Waals surface area (Å²) in [4.78, 5) is 8.59. The molecular formula is C15H14N2O2. The van der Waals surface area contributed by atoms with Crippen LogP contribution in [0.2, 0.25) is 0 Å². The lowest BCUT2D eigenvalue weighted by atomic mass is 10.3. The predicted octanol–water partition coefficient (Wildman–Crippen LogP) is 3.15. The molecule has 0 bridgehead atoms. The third kappa shape index (κ3) is 2.57. The van der Waals surface area contributed by atoms with Gasteiger partial charge in [0.25, 0.3) is 0 Å². The first kappa shape index (κ1) is 11.7. The minimum absolute atomic E-state index is 0.538. The van der Waals surface area contributed by atoms with Crippen molar-refractivity contribution >= 4 is 11.2 Å². The van der Waals surface area contributed by atoms with Gasteiger partial charge in [0.15, 0.2) is 0 Å². The summed E-state index contributed by atoms with van der Waals surface area (Å²) in [5.41, 5.74) is 2.50. The third-order valence-corrected chi connectivity index (χ3v) is 2.87. The van der Waals surface area contributed by atoms with Gasteiger partial charge in [-0.1, -0.05) is 18.2 Å². The van der Waals surface area contributed by atoms with Crippen LogP contribution in [0.1, 0.15) is 11.5 Å². The van der Waals surface area contributed by atoms with Crippen LogP contribution in [0.4, 0.5) is 0 Å². The number of pyridine rings is 1. The Bertz CT molecular complexity index is 677. The van der Waals surface area contributed by atoms with Crippen molar-refractivity contribution in [1.82, 2.24) is 9.97 Å². The van der Waals surface area contributed by atoms with E-state index in [4.69, 9.17) is 9.15 Å². The summed E-state index contributed by atoms with van der Waals surface area (Å²) < 4.78 is 11.2. The molecule has 0 aliphatic heterocycles. The Morgan fingerprint density at radius 1 is 1.16 bits per heavy atom.